The van der Waals surface area contributed by atoms with Gasteiger partial charge in [0, 0.05) is 6.54 Å². The van der Waals surface area contributed by atoms with Crippen LogP contribution in [0.4, 0.5) is 0 Å². The number of aliphatic carboxylic acids is 1. The smallest absolute Gasteiger partial charge is 0.315 e. The molecule has 4 atom stereocenters. The first kappa shape index (κ1) is 13.6. The fourth-order valence-electron chi connectivity index (χ4n) is 4.45. The summed E-state index contributed by atoms with van der Waals surface area (Å²) in [6.45, 7) is 0.181. The van der Waals surface area contributed by atoms with E-state index in [4.69, 9.17) is 5.73 Å². The Morgan fingerprint density at radius 1 is 1.25 bits per heavy atom. The van der Waals surface area contributed by atoms with Gasteiger partial charge in [0.15, 0.2) is 0 Å². The maximum atomic E-state index is 12.0. The molecule has 0 spiro atoms. The van der Waals surface area contributed by atoms with Crippen LogP contribution in [0.1, 0.15) is 37.7 Å². The molecule has 0 heterocycles. The summed E-state index contributed by atoms with van der Waals surface area (Å²) in [6.07, 6.45) is 5.83. The molecule has 1 aromatic rings. The lowest BCUT2D eigenvalue weighted by Gasteiger charge is -2.34. The van der Waals surface area contributed by atoms with E-state index in [0.29, 0.717) is 12.3 Å². The highest BCUT2D eigenvalue weighted by molar-refractivity contribution is 5.81. The number of nitrogens with two attached hydrogens (primary N) is 1. The molecular weight excluding hydrogens is 250 g/mol. The van der Waals surface area contributed by atoms with Crippen LogP contribution in [0, 0.1) is 17.8 Å². The Labute approximate surface area is 120 Å². The largest absolute Gasteiger partial charge is 0.481 e. The van der Waals surface area contributed by atoms with Crippen LogP contribution in [0.15, 0.2) is 30.3 Å². The summed E-state index contributed by atoms with van der Waals surface area (Å²) < 4.78 is 0. The molecule has 108 valence electrons. The van der Waals surface area contributed by atoms with Crippen LogP contribution < -0.4 is 5.73 Å². The van der Waals surface area contributed by atoms with Crippen LogP contribution in [-0.4, -0.2) is 17.6 Å². The maximum absolute atomic E-state index is 12.0. The number of hydrogen-bond donors (Lipinski definition) is 2. The average molecular weight is 273 g/mol. The van der Waals surface area contributed by atoms with Crippen molar-refractivity contribution in [1.29, 1.82) is 0 Å². The lowest BCUT2D eigenvalue weighted by molar-refractivity contribution is -0.144. The number of rotatable bonds is 5. The highest BCUT2D eigenvalue weighted by Crippen LogP contribution is 2.52. The molecule has 2 bridgehead atoms. The summed E-state index contributed by atoms with van der Waals surface area (Å²) in [5, 5.41) is 9.83. The SMILES string of the molecule is NCC(CC1CC2CCC1C2)(C(=O)O)c1ccccc1. The molecule has 3 nitrogen and oxygen atoms in total. The van der Waals surface area contributed by atoms with Crippen molar-refractivity contribution in [3.05, 3.63) is 35.9 Å². The Bertz CT molecular complexity index is 487. The molecule has 0 saturated heterocycles. The van der Waals surface area contributed by atoms with E-state index in [9.17, 15) is 9.90 Å². The molecule has 0 aromatic heterocycles. The van der Waals surface area contributed by atoms with Crippen molar-refractivity contribution in [2.24, 2.45) is 23.5 Å². The predicted octanol–water partition coefficient (Wildman–Crippen LogP) is 2.79. The van der Waals surface area contributed by atoms with Gasteiger partial charge in [0.25, 0.3) is 0 Å². The van der Waals surface area contributed by atoms with E-state index in [1.54, 1.807) is 0 Å². The molecule has 3 N–H and O–H groups in total. The number of carboxylic acid groups (broad SMARTS) is 1. The highest BCUT2D eigenvalue weighted by atomic mass is 16.4. The second-order valence-corrected chi connectivity index (χ2v) is 6.60. The number of benzene rings is 1. The average Bonchev–Trinajstić information content (AvgIpc) is 3.08. The van der Waals surface area contributed by atoms with Crippen molar-refractivity contribution in [2.75, 3.05) is 6.54 Å². The van der Waals surface area contributed by atoms with E-state index in [0.717, 1.165) is 17.4 Å². The summed E-state index contributed by atoms with van der Waals surface area (Å²) in [4.78, 5) is 12.0. The van der Waals surface area contributed by atoms with E-state index >= 15 is 0 Å². The molecular formula is C17H23NO2. The highest BCUT2D eigenvalue weighted by Gasteiger charge is 2.47. The molecule has 20 heavy (non-hydrogen) atoms. The molecule has 2 saturated carbocycles. The van der Waals surface area contributed by atoms with Crippen molar-refractivity contribution in [1.82, 2.24) is 0 Å². The summed E-state index contributed by atoms with van der Waals surface area (Å²) in [5.41, 5.74) is 5.89. The standard InChI is InChI=1S/C17H23NO2/c18-11-17(16(19)20,15-4-2-1-3-5-15)10-14-9-12-6-7-13(14)8-12/h1-5,12-14H,6-11,18H2,(H,19,20). The van der Waals surface area contributed by atoms with Crippen LogP contribution in [0.5, 0.6) is 0 Å². The first-order valence-electron chi connectivity index (χ1n) is 7.64. The van der Waals surface area contributed by atoms with Crippen LogP contribution in [-0.2, 0) is 10.2 Å². The van der Waals surface area contributed by atoms with Gasteiger partial charge in [-0.3, -0.25) is 4.79 Å². The minimum absolute atomic E-state index is 0.181. The van der Waals surface area contributed by atoms with Gasteiger partial charge in [0.05, 0.1) is 0 Å². The predicted molar refractivity (Wildman–Crippen MR) is 78.4 cm³/mol. The fraction of sp³-hybridized carbons (Fsp3) is 0.588. The number of carbonyl (C=O) groups is 1. The molecule has 2 fully saturated rings. The molecule has 1 aromatic carbocycles. The van der Waals surface area contributed by atoms with Gasteiger partial charge in [-0.1, -0.05) is 36.8 Å². The van der Waals surface area contributed by atoms with E-state index in [1.165, 1.54) is 25.7 Å². The lowest BCUT2D eigenvalue weighted by Crippen LogP contribution is -2.45. The Kier molecular flexibility index (Phi) is 3.55. The van der Waals surface area contributed by atoms with Gasteiger partial charge in [-0.25, -0.2) is 0 Å². The van der Waals surface area contributed by atoms with Crippen molar-refractivity contribution in [2.45, 2.75) is 37.5 Å². The topological polar surface area (TPSA) is 63.3 Å². The zero-order valence-corrected chi connectivity index (χ0v) is 11.8. The third-order valence-corrected chi connectivity index (χ3v) is 5.58. The van der Waals surface area contributed by atoms with Crippen LogP contribution in [0.2, 0.25) is 0 Å². The maximum Gasteiger partial charge on any atom is 0.315 e. The van der Waals surface area contributed by atoms with Crippen molar-refractivity contribution < 1.29 is 9.90 Å². The molecule has 3 heteroatoms. The molecule has 2 aliphatic rings. The minimum Gasteiger partial charge on any atom is -0.481 e. The van der Waals surface area contributed by atoms with E-state index in [2.05, 4.69) is 0 Å². The third-order valence-electron chi connectivity index (χ3n) is 5.58. The Balaban J connectivity index is 1.88. The summed E-state index contributed by atoms with van der Waals surface area (Å²) in [6, 6.07) is 9.56. The van der Waals surface area contributed by atoms with Gasteiger partial charge in [-0.05, 0) is 49.0 Å². The molecule has 4 unspecified atom stereocenters. The molecule has 2 aliphatic carbocycles. The normalized spacial score (nSPS) is 31.1. The van der Waals surface area contributed by atoms with Gasteiger partial charge in [0.1, 0.15) is 5.41 Å². The summed E-state index contributed by atoms with van der Waals surface area (Å²) >= 11 is 0. The van der Waals surface area contributed by atoms with Crippen LogP contribution in [0.25, 0.3) is 0 Å². The summed E-state index contributed by atoms with van der Waals surface area (Å²) in [5.74, 6) is 1.33. The monoisotopic (exact) mass is 273 g/mol. The van der Waals surface area contributed by atoms with E-state index in [1.807, 2.05) is 30.3 Å². The van der Waals surface area contributed by atoms with Crippen LogP contribution >= 0.6 is 0 Å². The van der Waals surface area contributed by atoms with Gasteiger partial charge in [-0.2, -0.15) is 0 Å². The Morgan fingerprint density at radius 3 is 2.50 bits per heavy atom. The van der Waals surface area contributed by atoms with E-state index < -0.39 is 11.4 Å². The molecule has 3 rings (SSSR count). The fourth-order valence-corrected chi connectivity index (χ4v) is 4.45. The van der Waals surface area contributed by atoms with Crippen molar-refractivity contribution >= 4 is 5.97 Å². The Hall–Kier alpha value is -1.35. The lowest BCUT2D eigenvalue weighted by atomic mass is 9.70. The first-order valence-corrected chi connectivity index (χ1v) is 7.64. The minimum atomic E-state index is -0.906. The molecule has 0 aliphatic heterocycles. The quantitative estimate of drug-likeness (QED) is 0.867. The first-order chi connectivity index (χ1) is 9.65. The Morgan fingerprint density at radius 2 is 2.00 bits per heavy atom. The van der Waals surface area contributed by atoms with Gasteiger partial charge in [-0.15, -0.1) is 0 Å². The summed E-state index contributed by atoms with van der Waals surface area (Å²) in [7, 11) is 0. The van der Waals surface area contributed by atoms with Crippen LogP contribution in [0.3, 0.4) is 0 Å². The third kappa shape index (κ3) is 2.14. The number of carboxylic acids is 1. The molecule has 0 radical (unpaired) electrons. The van der Waals surface area contributed by atoms with Crippen molar-refractivity contribution in [3.8, 4) is 0 Å². The second kappa shape index (κ2) is 5.21. The zero-order chi connectivity index (χ0) is 14.2. The van der Waals surface area contributed by atoms with Gasteiger partial charge >= 0.3 is 5.97 Å². The zero-order valence-electron chi connectivity index (χ0n) is 11.8. The molecule has 0 amide bonds. The van der Waals surface area contributed by atoms with Gasteiger partial charge < -0.3 is 10.8 Å². The van der Waals surface area contributed by atoms with Crippen molar-refractivity contribution in [3.63, 3.8) is 0 Å². The van der Waals surface area contributed by atoms with Gasteiger partial charge in [0.2, 0.25) is 0 Å². The second-order valence-electron chi connectivity index (χ2n) is 6.60. The van der Waals surface area contributed by atoms with E-state index in [-0.39, 0.29) is 6.54 Å². The number of fused-ring (bicyclic) bond motifs is 2. The number of hydrogen-bond acceptors (Lipinski definition) is 2.